The van der Waals surface area contributed by atoms with Crippen LogP contribution >= 0.6 is 0 Å². The zero-order valence-electron chi connectivity index (χ0n) is 11.2. The number of non-ortho nitro benzene ring substituents is 1. The molecule has 1 heterocycles. The fourth-order valence-electron chi connectivity index (χ4n) is 2.10. The standard InChI is InChI=1S/C14H11N5O3/c15-8-4-5-10(12(20)6-8)18-14-9-2-1-3-11(19(21)22)13(9)16-7-17-14/h1-7,20H,15H2,(H,16,17,18). The first-order chi connectivity index (χ1) is 10.6. The number of benzene rings is 2. The molecule has 110 valence electrons. The van der Waals surface area contributed by atoms with Gasteiger partial charge in [-0.05, 0) is 18.2 Å². The molecule has 0 aliphatic heterocycles. The van der Waals surface area contributed by atoms with Crippen molar-refractivity contribution in [3.63, 3.8) is 0 Å². The molecule has 0 atom stereocenters. The molecule has 0 fully saturated rings. The van der Waals surface area contributed by atoms with Gasteiger partial charge in [0.05, 0.1) is 16.0 Å². The molecule has 2 aromatic carbocycles. The van der Waals surface area contributed by atoms with Gasteiger partial charge in [0.25, 0.3) is 5.69 Å². The van der Waals surface area contributed by atoms with Gasteiger partial charge in [-0.3, -0.25) is 10.1 Å². The van der Waals surface area contributed by atoms with Crippen LogP contribution in [0.4, 0.5) is 22.9 Å². The lowest BCUT2D eigenvalue weighted by Crippen LogP contribution is -1.99. The average Bonchev–Trinajstić information content (AvgIpc) is 2.49. The van der Waals surface area contributed by atoms with Crippen molar-refractivity contribution in [2.45, 2.75) is 0 Å². The fraction of sp³-hybridized carbons (Fsp3) is 0. The van der Waals surface area contributed by atoms with E-state index < -0.39 is 4.92 Å². The van der Waals surface area contributed by atoms with Gasteiger partial charge >= 0.3 is 0 Å². The fourth-order valence-corrected chi connectivity index (χ4v) is 2.10. The first kappa shape index (κ1) is 13.6. The quantitative estimate of drug-likeness (QED) is 0.293. The lowest BCUT2D eigenvalue weighted by molar-refractivity contribution is -0.383. The number of nitrogens with two attached hydrogens (primary N) is 1. The Bertz CT molecular complexity index is 881. The highest BCUT2D eigenvalue weighted by atomic mass is 16.6. The summed E-state index contributed by atoms with van der Waals surface area (Å²) in [6.07, 6.45) is 1.23. The zero-order chi connectivity index (χ0) is 15.7. The Morgan fingerprint density at radius 3 is 2.77 bits per heavy atom. The first-order valence-corrected chi connectivity index (χ1v) is 6.30. The number of nitrogen functional groups attached to an aromatic ring is 1. The van der Waals surface area contributed by atoms with Gasteiger partial charge in [0.2, 0.25) is 0 Å². The molecular weight excluding hydrogens is 286 g/mol. The van der Waals surface area contributed by atoms with Crippen LogP contribution in [0, 0.1) is 10.1 Å². The molecule has 0 aliphatic rings. The number of rotatable bonds is 3. The summed E-state index contributed by atoms with van der Waals surface area (Å²) >= 11 is 0. The summed E-state index contributed by atoms with van der Waals surface area (Å²) in [5, 5.41) is 24.3. The molecular formula is C14H11N5O3. The average molecular weight is 297 g/mol. The number of nitrogens with zero attached hydrogens (tertiary/aromatic N) is 3. The van der Waals surface area contributed by atoms with Gasteiger partial charge in [0.15, 0.2) is 5.52 Å². The third kappa shape index (κ3) is 2.33. The van der Waals surface area contributed by atoms with Crippen molar-refractivity contribution in [2.24, 2.45) is 0 Å². The van der Waals surface area contributed by atoms with Gasteiger partial charge in [0.1, 0.15) is 17.9 Å². The van der Waals surface area contributed by atoms with Gasteiger partial charge in [-0.25, -0.2) is 9.97 Å². The van der Waals surface area contributed by atoms with Crippen LogP contribution < -0.4 is 11.1 Å². The summed E-state index contributed by atoms with van der Waals surface area (Å²) in [6, 6.07) is 9.20. The Hall–Kier alpha value is -3.42. The Morgan fingerprint density at radius 1 is 1.23 bits per heavy atom. The highest BCUT2D eigenvalue weighted by Gasteiger charge is 2.15. The van der Waals surface area contributed by atoms with E-state index in [0.29, 0.717) is 22.6 Å². The molecule has 0 radical (unpaired) electrons. The number of aromatic nitrogens is 2. The highest BCUT2D eigenvalue weighted by molar-refractivity contribution is 5.96. The maximum atomic E-state index is 11.0. The summed E-state index contributed by atoms with van der Waals surface area (Å²) in [4.78, 5) is 18.6. The molecule has 0 amide bonds. The lowest BCUT2D eigenvalue weighted by atomic mass is 10.2. The number of anilines is 3. The maximum absolute atomic E-state index is 11.0. The summed E-state index contributed by atoms with van der Waals surface area (Å²) < 4.78 is 0. The minimum Gasteiger partial charge on any atom is -0.506 e. The smallest absolute Gasteiger partial charge is 0.295 e. The summed E-state index contributed by atoms with van der Waals surface area (Å²) in [7, 11) is 0. The molecule has 0 saturated heterocycles. The van der Waals surface area contributed by atoms with Gasteiger partial charge in [-0.2, -0.15) is 0 Å². The van der Waals surface area contributed by atoms with Crippen molar-refractivity contribution in [2.75, 3.05) is 11.1 Å². The van der Waals surface area contributed by atoms with E-state index >= 15 is 0 Å². The summed E-state index contributed by atoms with van der Waals surface area (Å²) in [6.45, 7) is 0. The first-order valence-electron chi connectivity index (χ1n) is 6.30. The predicted octanol–water partition coefficient (Wildman–Crippen LogP) is 2.57. The number of hydrogen-bond donors (Lipinski definition) is 3. The Kier molecular flexibility index (Phi) is 3.18. The van der Waals surface area contributed by atoms with Crippen LogP contribution in [0.2, 0.25) is 0 Å². The Labute approximate surface area is 124 Å². The second kappa shape index (κ2) is 5.17. The van der Waals surface area contributed by atoms with Crippen molar-refractivity contribution in [3.8, 4) is 5.75 Å². The molecule has 0 bridgehead atoms. The number of phenolic OH excluding ortho intramolecular Hbond substituents is 1. The van der Waals surface area contributed by atoms with E-state index in [1.165, 1.54) is 18.5 Å². The van der Waals surface area contributed by atoms with Crippen molar-refractivity contribution >= 4 is 33.8 Å². The summed E-state index contributed by atoms with van der Waals surface area (Å²) in [5.74, 6) is 0.311. The number of fused-ring (bicyclic) bond motifs is 1. The second-order valence-electron chi connectivity index (χ2n) is 4.55. The lowest BCUT2D eigenvalue weighted by Gasteiger charge is -2.10. The topological polar surface area (TPSA) is 127 Å². The number of phenols is 1. The van der Waals surface area contributed by atoms with E-state index in [2.05, 4.69) is 15.3 Å². The molecule has 0 aliphatic carbocycles. The van der Waals surface area contributed by atoms with Crippen molar-refractivity contribution in [3.05, 3.63) is 52.8 Å². The van der Waals surface area contributed by atoms with E-state index in [9.17, 15) is 15.2 Å². The number of para-hydroxylation sites is 1. The molecule has 4 N–H and O–H groups in total. The van der Waals surface area contributed by atoms with Gasteiger partial charge in [-0.15, -0.1) is 0 Å². The third-order valence-electron chi connectivity index (χ3n) is 3.12. The zero-order valence-corrected chi connectivity index (χ0v) is 11.2. The molecule has 0 unspecified atom stereocenters. The summed E-state index contributed by atoms with van der Waals surface area (Å²) in [5.41, 5.74) is 6.50. The third-order valence-corrected chi connectivity index (χ3v) is 3.12. The molecule has 0 spiro atoms. The number of nitrogens with one attached hydrogen (secondary N) is 1. The predicted molar refractivity (Wildman–Crippen MR) is 82.0 cm³/mol. The number of nitro benzene ring substituents is 1. The number of hydrogen-bond acceptors (Lipinski definition) is 7. The van der Waals surface area contributed by atoms with Gasteiger partial charge < -0.3 is 16.2 Å². The second-order valence-corrected chi connectivity index (χ2v) is 4.55. The van der Waals surface area contributed by atoms with E-state index in [0.717, 1.165) is 0 Å². The van der Waals surface area contributed by atoms with E-state index in [-0.39, 0.29) is 17.0 Å². The molecule has 8 heteroatoms. The van der Waals surface area contributed by atoms with Gasteiger partial charge in [0, 0.05) is 17.8 Å². The van der Waals surface area contributed by atoms with Crippen molar-refractivity contribution in [1.82, 2.24) is 9.97 Å². The van der Waals surface area contributed by atoms with Crippen LogP contribution in [0.25, 0.3) is 10.9 Å². The van der Waals surface area contributed by atoms with E-state index in [1.54, 1.807) is 24.3 Å². The SMILES string of the molecule is Nc1ccc(Nc2ncnc3c([N+](=O)[O-])cccc23)c(O)c1. The molecule has 22 heavy (non-hydrogen) atoms. The van der Waals surface area contributed by atoms with E-state index in [1.807, 2.05) is 0 Å². The van der Waals surface area contributed by atoms with Gasteiger partial charge in [-0.1, -0.05) is 6.07 Å². The molecule has 0 saturated carbocycles. The largest absolute Gasteiger partial charge is 0.506 e. The number of nitro groups is 1. The van der Waals surface area contributed by atoms with Crippen LogP contribution in [0.15, 0.2) is 42.7 Å². The molecule has 1 aromatic heterocycles. The maximum Gasteiger partial charge on any atom is 0.295 e. The molecule has 3 aromatic rings. The Balaban J connectivity index is 2.12. The van der Waals surface area contributed by atoms with E-state index in [4.69, 9.17) is 5.73 Å². The van der Waals surface area contributed by atoms with Crippen molar-refractivity contribution in [1.29, 1.82) is 0 Å². The van der Waals surface area contributed by atoms with Crippen LogP contribution in [0.5, 0.6) is 5.75 Å². The van der Waals surface area contributed by atoms with Crippen LogP contribution in [-0.4, -0.2) is 20.0 Å². The minimum absolute atomic E-state index is 0.0443. The van der Waals surface area contributed by atoms with Crippen LogP contribution in [0.1, 0.15) is 0 Å². The minimum atomic E-state index is -0.500. The Morgan fingerprint density at radius 2 is 2.05 bits per heavy atom. The molecule has 8 nitrogen and oxygen atoms in total. The van der Waals surface area contributed by atoms with Crippen LogP contribution in [-0.2, 0) is 0 Å². The number of aromatic hydroxyl groups is 1. The van der Waals surface area contributed by atoms with Crippen LogP contribution in [0.3, 0.4) is 0 Å². The normalized spacial score (nSPS) is 10.5. The highest BCUT2D eigenvalue weighted by Crippen LogP contribution is 2.32. The molecule has 3 rings (SSSR count). The van der Waals surface area contributed by atoms with Crippen molar-refractivity contribution < 1.29 is 10.0 Å². The monoisotopic (exact) mass is 297 g/mol.